The molecule has 148 valence electrons. The second-order valence-corrected chi connectivity index (χ2v) is 6.88. The van der Waals surface area contributed by atoms with Crippen LogP contribution in [0.4, 0.5) is 22.0 Å². The van der Waals surface area contributed by atoms with Crippen molar-refractivity contribution in [2.24, 2.45) is 4.99 Å². The Morgan fingerprint density at radius 2 is 2.00 bits per heavy atom. The average Bonchev–Trinajstić information content (AvgIpc) is 2.61. The second-order valence-electron chi connectivity index (χ2n) is 6.88. The molecule has 0 atom stereocenters. The molecule has 2 rings (SSSR count). The zero-order chi connectivity index (χ0) is 20.7. The van der Waals surface area contributed by atoms with Crippen molar-refractivity contribution >= 4 is 35.8 Å². The number of benzene rings is 1. The SMILES string of the molecule is CNc1nccc(Oc2ccc(NC(=O)OC(C)(C)C)c(C)c2)c1N=CC=O. The molecule has 8 heteroatoms. The number of pyridine rings is 1. The molecular formula is C20H24N4O4. The Kier molecular flexibility index (Phi) is 6.70. The quantitative estimate of drug-likeness (QED) is 0.563. The van der Waals surface area contributed by atoms with E-state index in [9.17, 15) is 9.59 Å². The minimum Gasteiger partial charge on any atom is -0.455 e. The number of ether oxygens (including phenoxy) is 2. The van der Waals surface area contributed by atoms with Gasteiger partial charge in [0.05, 0.1) is 6.21 Å². The number of carbonyl (C=O) groups excluding carboxylic acids is 2. The fraction of sp³-hybridized carbons (Fsp3) is 0.300. The van der Waals surface area contributed by atoms with E-state index in [-0.39, 0.29) is 0 Å². The minimum absolute atomic E-state index is 0.408. The van der Waals surface area contributed by atoms with E-state index >= 15 is 0 Å². The van der Waals surface area contributed by atoms with E-state index < -0.39 is 11.7 Å². The van der Waals surface area contributed by atoms with Gasteiger partial charge in [-0.2, -0.15) is 0 Å². The van der Waals surface area contributed by atoms with Crippen molar-refractivity contribution < 1.29 is 19.1 Å². The number of nitrogens with one attached hydrogen (secondary N) is 2. The summed E-state index contributed by atoms with van der Waals surface area (Å²) in [5, 5.41) is 5.63. The van der Waals surface area contributed by atoms with Crippen molar-refractivity contribution in [2.75, 3.05) is 17.7 Å². The topological polar surface area (TPSA) is 102 Å². The van der Waals surface area contributed by atoms with Crippen molar-refractivity contribution in [2.45, 2.75) is 33.3 Å². The summed E-state index contributed by atoms with van der Waals surface area (Å²) in [4.78, 5) is 30.8. The second kappa shape index (κ2) is 8.98. The summed E-state index contributed by atoms with van der Waals surface area (Å²) in [7, 11) is 1.70. The highest BCUT2D eigenvalue weighted by atomic mass is 16.6. The molecule has 0 unspecified atom stereocenters. The molecule has 0 bridgehead atoms. The number of rotatable bonds is 6. The number of amides is 1. The largest absolute Gasteiger partial charge is 0.455 e. The minimum atomic E-state index is -0.578. The predicted octanol–water partition coefficient (Wildman–Crippen LogP) is 4.47. The lowest BCUT2D eigenvalue weighted by atomic mass is 10.2. The van der Waals surface area contributed by atoms with Crippen LogP contribution in [-0.4, -0.2) is 36.2 Å². The van der Waals surface area contributed by atoms with Crippen molar-refractivity contribution in [3.63, 3.8) is 0 Å². The normalized spacial score (nSPS) is 11.2. The van der Waals surface area contributed by atoms with E-state index in [1.54, 1.807) is 58.3 Å². The van der Waals surface area contributed by atoms with E-state index in [4.69, 9.17) is 9.47 Å². The number of hydrogen-bond acceptors (Lipinski definition) is 7. The third-order valence-electron chi connectivity index (χ3n) is 3.45. The molecule has 1 aromatic heterocycles. The number of nitrogens with zero attached hydrogens (tertiary/aromatic N) is 2. The summed E-state index contributed by atoms with van der Waals surface area (Å²) in [6, 6.07) is 6.87. The van der Waals surface area contributed by atoms with Gasteiger partial charge in [-0.15, -0.1) is 0 Å². The van der Waals surface area contributed by atoms with Crippen molar-refractivity contribution in [1.29, 1.82) is 0 Å². The van der Waals surface area contributed by atoms with Gasteiger partial charge in [0.2, 0.25) is 0 Å². The van der Waals surface area contributed by atoms with Gasteiger partial charge in [-0.3, -0.25) is 10.1 Å². The van der Waals surface area contributed by atoms with Gasteiger partial charge >= 0.3 is 6.09 Å². The van der Waals surface area contributed by atoms with Gasteiger partial charge < -0.3 is 14.8 Å². The molecule has 0 radical (unpaired) electrons. The summed E-state index contributed by atoms with van der Waals surface area (Å²) in [5.41, 5.74) is 1.24. The van der Waals surface area contributed by atoms with E-state index in [2.05, 4.69) is 20.6 Å². The fourth-order valence-electron chi connectivity index (χ4n) is 2.31. The first-order valence-corrected chi connectivity index (χ1v) is 8.66. The first-order valence-electron chi connectivity index (χ1n) is 8.66. The van der Waals surface area contributed by atoms with E-state index in [0.717, 1.165) is 11.8 Å². The Balaban J connectivity index is 2.22. The molecule has 0 saturated carbocycles. The molecule has 8 nitrogen and oxygen atoms in total. The Morgan fingerprint density at radius 1 is 1.25 bits per heavy atom. The van der Waals surface area contributed by atoms with Crippen molar-refractivity contribution in [3.8, 4) is 11.5 Å². The molecule has 0 spiro atoms. The smallest absolute Gasteiger partial charge is 0.412 e. The third kappa shape index (κ3) is 5.80. The van der Waals surface area contributed by atoms with Crippen LogP contribution in [0.25, 0.3) is 0 Å². The number of anilines is 2. The average molecular weight is 384 g/mol. The van der Waals surface area contributed by atoms with Gasteiger partial charge in [-0.1, -0.05) is 0 Å². The van der Waals surface area contributed by atoms with Crippen LogP contribution >= 0.6 is 0 Å². The van der Waals surface area contributed by atoms with Gasteiger partial charge in [0.1, 0.15) is 17.0 Å². The maximum Gasteiger partial charge on any atom is 0.412 e. The predicted molar refractivity (Wildman–Crippen MR) is 109 cm³/mol. The van der Waals surface area contributed by atoms with Crippen LogP contribution < -0.4 is 15.4 Å². The van der Waals surface area contributed by atoms with Crippen molar-refractivity contribution in [3.05, 3.63) is 36.0 Å². The van der Waals surface area contributed by atoms with Crippen LogP contribution in [0.5, 0.6) is 11.5 Å². The van der Waals surface area contributed by atoms with Crippen LogP contribution in [0.15, 0.2) is 35.5 Å². The summed E-state index contributed by atoms with van der Waals surface area (Å²) in [5.74, 6) is 1.46. The number of carbonyl (C=O) groups is 2. The van der Waals surface area contributed by atoms with Crippen LogP contribution in [0, 0.1) is 6.92 Å². The summed E-state index contributed by atoms with van der Waals surface area (Å²) in [6.07, 6.45) is 2.76. The molecule has 1 aromatic carbocycles. The monoisotopic (exact) mass is 384 g/mol. The van der Waals surface area contributed by atoms with Gasteiger partial charge in [0.15, 0.2) is 17.9 Å². The molecule has 2 N–H and O–H groups in total. The van der Waals surface area contributed by atoms with E-state index in [1.165, 1.54) is 0 Å². The molecule has 0 aliphatic carbocycles. The molecule has 1 heterocycles. The Morgan fingerprint density at radius 3 is 2.61 bits per heavy atom. The fourth-order valence-corrected chi connectivity index (χ4v) is 2.31. The van der Waals surface area contributed by atoms with Crippen molar-refractivity contribution in [1.82, 2.24) is 4.98 Å². The molecule has 28 heavy (non-hydrogen) atoms. The lowest BCUT2D eigenvalue weighted by molar-refractivity contribution is -0.102. The van der Waals surface area contributed by atoms with E-state index in [1.807, 2.05) is 6.92 Å². The zero-order valence-corrected chi connectivity index (χ0v) is 16.6. The summed E-state index contributed by atoms with van der Waals surface area (Å²) < 4.78 is 11.2. The van der Waals surface area contributed by atoms with Crippen LogP contribution in [0.2, 0.25) is 0 Å². The Labute approximate surface area is 164 Å². The third-order valence-corrected chi connectivity index (χ3v) is 3.45. The number of aldehydes is 1. The van der Waals surface area contributed by atoms with Gasteiger partial charge in [-0.25, -0.2) is 14.8 Å². The van der Waals surface area contributed by atoms with Gasteiger partial charge in [0, 0.05) is 25.0 Å². The number of hydrogen-bond donors (Lipinski definition) is 2. The first kappa shape index (κ1) is 20.9. The lowest BCUT2D eigenvalue weighted by Crippen LogP contribution is -2.27. The van der Waals surface area contributed by atoms with Crippen LogP contribution in [-0.2, 0) is 9.53 Å². The molecule has 2 aromatic rings. The maximum absolute atomic E-state index is 11.9. The number of aryl methyl sites for hydroxylation is 1. The van der Waals surface area contributed by atoms with Crippen LogP contribution in [0.3, 0.4) is 0 Å². The van der Waals surface area contributed by atoms with E-state index in [0.29, 0.717) is 35.0 Å². The number of aromatic nitrogens is 1. The number of aliphatic imine (C=N–C) groups is 1. The molecule has 1 amide bonds. The lowest BCUT2D eigenvalue weighted by Gasteiger charge is -2.20. The first-order chi connectivity index (χ1) is 13.2. The van der Waals surface area contributed by atoms with Gasteiger partial charge in [0.25, 0.3) is 0 Å². The standard InChI is InChI=1S/C20H24N4O4/c1-13-12-14(6-7-15(13)24-19(26)28-20(2,3)4)27-16-8-9-23-18(21-5)17(16)22-10-11-25/h6-12H,1-5H3,(H,21,23)(H,24,26). The Bertz CT molecular complexity index is 888. The highest BCUT2D eigenvalue weighted by Gasteiger charge is 2.17. The summed E-state index contributed by atoms with van der Waals surface area (Å²) in [6.45, 7) is 7.25. The highest BCUT2D eigenvalue weighted by molar-refractivity contribution is 6.14. The van der Waals surface area contributed by atoms with Gasteiger partial charge in [-0.05, 0) is 51.5 Å². The molecule has 0 saturated heterocycles. The molecular weight excluding hydrogens is 360 g/mol. The maximum atomic E-state index is 11.9. The molecule has 0 aliphatic rings. The molecule has 0 fully saturated rings. The highest BCUT2D eigenvalue weighted by Crippen LogP contribution is 2.37. The zero-order valence-electron chi connectivity index (χ0n) is 16.6. The summed E-state index contributed by atoms with van der Waals surface area (Å²) >= 11 is 0. The molecule has 0 aliphatic heterocycles. The van der Waals surface area contributed by atoms with Crippen LogP contribution in [0.1, 0.15) is 26.3 Å². The Hall–Kier alpha value is -3.42.